The molecule has 0 aliphatic heterocycles. The summed E-state index contributed by atoms with van der Waals surface area (Å²) in [7, 11) is 0. The predicted octanol–water partition coefficient (Wildman–Crippen LogP) is 3.19. The van der Waals surface area contributed by atoms with Gasteiger partial charge in [-0.1, -0.05) is 31.4 Å². The number of hydrogen-bond acceptors (Lipinski definition) is 5. The maximum absolute atomic E-state index is 12.6. The molecule has 2 atom stereocenters. The minimum Gasteiger partial charge on any atom is -0.321 e. The minimum absolute atomic E-state index is 0.184. The molecule has 1 aromatic heterocycles. The highest BCUT2D eigenvalue weighted by Crippen LogP contribution is 2.34. The maximum Gasteiger partial charge on any atom is 0.244 e. The normalized spacial score (nSPS) is 26.0. The molecule has 0 radical (unpaired) electrons. The van der Waals surface area contributed by atoms with E-state index in [0.29, 0.717) is 35.0 Å². The summed E-state index contributed by atoms with van der Waals surface area (Å²) in [5.74, 6) is 0.276. The van der Waals surface area contributed by atoms with Gasteiger partial charge in [0.1, 0.15) is 11.0 Å². The molecule has 2 unspecified atom stereocenters. The first-order chi connectivity index (χ1) is 9.99. The third kappa shape index (κ3) is 2.75. The van der Waals surface area contributed by atoms with Gasteiger partial charge in [0.25, 0.3) is 0 Å². The monoisotopic (exact) mass is 324 g/mol. The second kappa shape index (κ2) is 5.51. The summed E-state index contributed by atoms with van der Waals surface area (Å²) in [6.07, 6.45) is 3.49. The molecule has 1 fully saturated rings. The van der Waals surface area contributed by atoms with Gasteiger partial charge in [0.05, 0.1) is 28.0 Å². The molecule has 1 saturated carbocycles. The number of carbonyl (C=O) groups is 1. The van der Waals surface area contributed by atoms with Crippen LogP contribution in [0.25, 0.3) is 11.0 Å². The molecule has 1 amide bonds. The standard InChI is InChI=1S/C14H17ClN4OS/c1-8-3-2-6-14(16,7-8)13(20)17-11-9(15)4-5-10-12(11)19-21-18-10/h4-5,8H,2-3,6-7,16H2,1H3,(H,17,20). The number of amides is 1. The van der Waals surface area contributed by atoms with Crippen molar-refractivity contribution in [1.82, 2.24) is 8.75 Å². The van der Waals surface area contributed by atoms with Crippen molar-refractivity contribution in [3.05, 3.63) is 17.2 Å². The fourth-order valence-electron chi connectivity index (χ4n) is 2.98. The summed E-state index contributed by atoms with van der Waals surface area (Å²) in [5, 5.41) is 3.33. The van der Waals surface area contributed by atoms with Gasteiger partial charge in [-0.2, -0.15) is 8.75 Å². The number of halogens is 1. The lowest BCUT2D eigenvalue weighted by molar-refractivity contribution is -0.122. The molecule has 3 rings (SSSR count). The first kappa shape index (κ1) is 14.7. The van der Waals surface area contributed by atoms with Crippen molar-refractivity contribution in [2.45, 2.75) is 38.1 Å². The van der Waals surface area contributed by atoms with Crippen LogP contribution in [0.3, 0.4) is 0 Å². The number of aromatic nitrogens is 2. The van der Waals surface area contributed by atoms with Gasteiger partial charge in [-0.3, -0.25) is 4.79 Å². The quantitative estimate of drug-likeness (QED) is 0.889. The van der Waals surface area contributed by atoms with Crippen LogP contribution in [0.2, 0.25) is 5.02 Å². The van der Waals surface area contributed by atoms with Crippen LogP contribution in [0.15, 0.2) is 12.1 Å². The SMILES string of the molecule is CC1CCCC(N)(C(=O)Nc2c(Cl)ccc3nsnc23)C1. The van der Waals surface area contributed by atoms with E-state index in [1.54, 1.807) is 12.1 Å². The molecule has 5 nitrogen and oxygen atoms in total. The molecule has 1 aliphatic carbocycles. The van der Waals surface area contributed by atoms with Crippen molar-refractivity contribution in [3.8, 4) is 0 Å². The Morgan fingerprint density at radius 1 is 1.52 bits per heavy atom. The summed E-state index contributed by atoms with van der Waals surface area (Å²) in [6.45, 7) is 2.13. The Balaban J connectivity index is 1.89. The molecule has 7 heteroatoms. The summed E-state index contributed by atoms with van der Waals surface area (Å²) in [6, 6.07) is 3.51. The van der Waals surface area contributed by atoms with Gasteiger partial charge in [0.2, 0.25) is 5.91 Å². The number of nitrogens with zero attached hydrogens (tertiary/aromatic N) is 2. The first-order valence-corrected chi connectivity index (χ1v) is 8.11. The second-order valence-corrected chi connectivity index (χ2v) is 6.80. The number of benzene rings is 1. The predicted molar refractivity (Wildman–Crippen MR) is 85.6 cm³/mol. The van der Waals surface area contributed by atoms with E-state index >= 15 is 0 Å². The van der Waals surface area contributed by atoms with Crippen molar-refractivity contribution in [3.63, 3.8) is 0 Å². The van der Waals surface area contributed by atoms with E-state index in [1.165, 1.54) is 0 Å². The van der Waals surface area contributed by atoms with Gasteiger partial charge >= 0.3 is 0 Å². The number of anilines is 1. The minimum atomic E-state index is -0.827. The fraction of sp³-hybridized carbons (Fsp3) is 0.500. The molecule has 1 heterocycles. The Kier molecular flexibility index (Phi) is 3.86. The van der Waals surface area contributed by atoms with E-state index in [4.69, 9.17) is 17.3 Å². The van der Waals surface area contributed by atoms with E-state index < -0.39 is 5.54 Å². The molecule has 112 valence electrons. The maximum atomic E-state index is 12.6. The van der Waals surface area contributed by atoms with Crippen molar-refractivity contribution in [2.75, 3.05) is 5.32 Å². The Hall–Kier alpha value is -1.24. The molecule has 1 aromatic carbocycles. The number of fused-ring (bicyclic) bond motifs is 1. The lowest BCUT2D eigenvalue weighted by Crippen LogP contribution is -2.53. The van der Waals surface area contributed by atoms with Gasteiger partial charge in [0, 0.05) is 0 Å². The fourth-order valence-corrected chi connectivity index (χ4v) is 3.72. The highest BCUT2D eigenvalue weighted by Gasteiger charge is 2.38. The largest absolute Gasteiger partial charge is 0.321 e. The van der Waals surface area contributed by atoms with Crippen molar-refractivity contribution in [2.24, 2.45) is 11.7 Å². The molecule has 2 aromatic rings. The summed E-state index contributed by atoms with van der Waals surface area (Å²) in [4.78, 5) is 12.6. The van der Waals surface area contributed by atoms with Crippen molar-refractivity contribution in [1.29, 1.82) is 0 Å². The van der Waals surface area contributed by atoms with Crippen LogP contribution in [0.5, 0.6) is 0 Å². The van der Waals surface area contributed by atoms with Crippen LogP contribution >= 0.6 is 23.3 Å². The smallest absolute Gasteiger partial charge is 0.244 e. The van der Waals surface area contributed by atoms with Gasteiger partial charge < -0.3 is 11.1 Å². The zero-order valence-electron chi connectivity index (χ0n) is 11.7. The highest BCUT2D eigenvalue weighted by atomic mass is 35.5. The van der Waals surface area contributed by atoms with Gasteiger partial charge in [-0.25, -0.2) is 0 Å². The van der Waals surface area contributed by atoms with Crippen LogP contribution in [-0.2, 0) is 4.79 Å². The average molecular weight is 325 g/mol. The summed E-state index contributed by atoms with van der Waals surface area (Å²) >= 11 is 7.30. The molecular formula is C14H17ClN4OS. The molecule has 0 bridgehead atoms. The number of nitrogens with two attached hydrogens (primary N) is 1. The number of nitrogens with one attached hydrogen (secondary N) is 1. The topological polar surface area (TPSA) is 80.9 Å². The number of rotatable bonds is 2. The lowest BCUT2D eigenvalue weighted by Gasteiger charge is -2.35. The van der Waals surface area contributed by atoms with Crippen molar-refractivity contribution >= 4 is 46.0 Å². The summed E-state index contributed by atoms with van der Waals surface area (Å²) in [5.41, 5.74) is 7.35. The first-order valence-electron chi connectivity index (χ1n) is 7.01. The lowest BCUT2D eigenvalue weighted by atomic mass is 9.76. The Morgan fingerprint density at radius 2 is 2.33 bits per heavy atom. The van der Waals surface area contributed by atoms with Gasteiger partial charge in [-0.05, 0) is 30.9 Å². The Labute approximate surface area is 132 Å². The Morgan fingerprint density at radius 3 is 3.10 bits per heavy atom. The van der Waals surface area contributed by atoms with E-state index in [0.717, 1.165) is 30.1 Å². The second-order valence-electron chi connectivity index (χ2n) is 5.87. The average Bonchev–Trinajstić information content (AvgIpc) is 2.90. The van der Waals surface area contributed by atoms with Crippen LogP contribution in [-0.4, -0.2) is 20.2 Å². The van der Waals surface area contributed by atoms with E-state index in [1.807, 2.05) is 0 Å². The zero-order chi connectivity index (χ0) is 15.0. The third-order valence-corrected chi connectivity index (χ3v) is 4.96. The molecule has 1 aliphatic rings. The van der Waals surface area contributed by atoms with Gasteiger partial charge in [0.15, 0.2) is 0 Å². The van der Waals surface area contributed by atoms with E-state index in [-0.39, 0.29) is 5.91 Å². The number of hydrogen-bond donors (Lipinski definition) is 2. The van der Waals surface area contributed by atoms with Crippen LogP contribution < -0.4 is 11.1 Å². The summed E-state index contributed by atoms with van der Waals surface area (Å²) < 4.78 is 8.36. The molecule has 3 N–H and O–H groups in total. The Bertz CT molecular complexity index is 689. The molecule has 0 saturated heterocycles. The highest BCUT2D eigenvalue weighted by molar-refractivity contribution is 7.00. The number of carbonyl (C=O) groups excluding carboxylic acids is 1. The van der Waals surface area contributed by atoms with E-state index in [2.05, 4.69) is 21.0 Å². The molecular weight excluding hydrogens is 308 g/mol. The van der Waals surface area contributed by atoms with Crippen LogP contribution in [0.4, 0.5) is 5.69 Å². The van der Waals surface area contributed by atoms with Crippen LogP contribution in [0, 0.1) is 5.92 Å². The van der Waals surface area contributed by atoms with E-state index in [9.17, 15) is 4.79 Å². The third-order valence-electron chi connectivity index (χ3n) is 4.10. The zero-order valence-corrected chi connectivity index (χ0v) is 13.3. The van der Waals surface area contributed by atoms with Crippen molar-refractivity contribution < 1.29 is 4.79 Å². The van der Waals surface area contributed by atoms with Crippen LogP contribution in [0.1, 0.15) is 32.6 Å². The van der Waals surface area contributed by atoms with Gasteiger partial charge in [-0.15, -0.1) is 0 Å². The molecule has 21 heavy (non-hydrogen) atoms. The molecule has 0 spiro atoms.